The first-order valence-corrected chi connectivity index (χ1v) is 6.99. The first-order chi connectivity index (χ1) is 9.54. The van der Waals surface area contributed by atoms with Crippen molar-refractivity contribution >= 4 is 23.6 Å². The third-order valence-corrected chi connectivity index (χ3v) is 3.91. The molecule has 20 heavy (non-hydrogen) atoms. The molecule has 0 aromatic heterocycles. The van der Waals surface area contributed by atoms with Crippen LogP contribution in [0.4, 0.5) is 4.39 Å². The molecular weight excluding hydrogens is 281 g/mol. The first-order valence-electron chi connectivity index (χ1n) is 6.61. The summed E-state index contributed by atoms with van der Waals surface area (Å²) in [6.45, 7) is -0.0467. The number of carbonyl (C=O) groups excluding carboxylic acids is 1. The van der Waals surface area contributed by atoms with Crippen molar-refractivity contribution in [3.05, 3.63) is 40.7 Å². The topological polar surface area (TPSA) is 49.3 Å². The van der Waals surface area contributed by atoms with Crippen molar-refractivity contribution in [1.29, 1.82) is 0 Å². The Morgan fingerprint density at radius 2 is 2.15 bits per heavy atom. The molecule has 2 N–H and O–H groups in total. The normalized spacial score (nSPS) is 17.6. The minimum absolute atomic E-state index is 0.0233. The predicted octanol–water partition coefficient (Wildman–Crippen LogP) is 2.91. The number of aliphatic hydroxyl groups excluding tert-OH is 1. The van der Waals surface area contributed by atoms with E-state index in [9.17, 15) is 14.3 Å². The summed E-state index contributed by atoms with van der Waals surface area (Å²) in [5.74, 6) is -0.750. The fourth-order valence-corrected chi connectivity index (χ4v) is 2.65. The van der Waals surface area contributed by atoms with Gasteiger partial charge in [-0.15, -0.1) is 0 Å². The van der Waals surface area contributed by atoms with E-state index in [1.54, 1.807) is 12.1 Å². The van der Waals surface area contributed by atoms with Gasteiger partial charge in [0.25, 0.3) is 0 Å². The van der Waals surface area contributed by atoms with Crippen molar-refractivity contribution in [3.8, 4) is 0 Å². The Kier molecular flexibility index (Phi) is 4.78. The summed E-state index contributed by atoms with van der Waals surface area (Å²) >= 11 is 5.67. The number of benzene rings is 1. The van der Waals surface area contributed by atoms with Crippen LogP contribution in [0, 0.1) is 5.82 Å². The molecule has 1 amide bonds. The smallest absolute Gasteiger partial charge is 0.244 e. The molecule has 0 unspecified atom stereocenters. The SMILES string of the molecule is O=C(C=Cc1ccc(F)c(Cl)c1)NC1(CO)CCCC1. The van der Waals surface area contributed by atoms with Crippen molar-refractivity contribution in [2.24, 2.45) is 0 Å². The maximum absolute atomic E-state index is 13.0. The maximum Gasteiger partial charge on any atom is 0.244 e. The Bertz CT molecular complexity index is 525. The van der Waals surface area contributed by atoms with Gasteiger partial charge in [-0.2, -0.15) is 0 Å². The zero-order chi connectivity index (χ0) is 14.6. The van der Waals surface area contributed by atoms with Gasteiger partial charge in [-0.05, 0) is 36.6 Å². The maximum atomic E-state index is 13.0. The summed E-state index contributed by atoms with van der Waals surface area (Å²) in [6, 6.07) is 4.26. The Hall–Kier alpha value is -1.39. The third-order valence-electron chi connectivity index (χ3n) is 3.62. The molecular formula is C15H17ClFNO2. The molecule has 0 saturated heterocycles. The molecule has 0 atom stereocenters. The predicted molar refractivity (Wildman–Crippen MR) is 76.9 cm³/mol. The lowest BCUT2D eigenvalue weighted by Crippen LogP contribution is -2.48. The standard InChI is InChI=1S/C15H17ClFNO2/c16-12-9-11(3-5-13(12)17)4-6-14(20)18-15(10-19)7-1-2-8-15/h3-6,9,19H,1-2,7-8,10H2,(H,18,20). The number of carbonyl (C=O) groups is 1. The van der Waals surface area contributed by atoms with Crippen LogP contribution in [-0.2, 0) is 4.79 Å². The number of amides is 1. The van der Waals surface area contributed by atoms with E-state index >= 15 is 0 Å². The van der Waals surface area contributed by atoms with Gasteiger partial charge in [0.15, 0.2) is 0 Å². The molecule has 1 aromatic carbocycles. The van der Waals surface area contributed by atoms with Gasteiger partial charge in [0, 0.05) is 6.08 Å². The minimum Gasteiger partial charge on any atom is -0.394 e. The molecule has 1 saturated carbocycles. The zero-order valence-electron chi connectivity index (χ0n) is 11.0. The number of aliphatic hydroxyl groups is 1. The summed E-state index contributed by atoms with van der Waals surface area (Å²) in [7, 11) is 0. The number of halogens is 2. The Morgan fingerprint density at radius 3 is 2.75 bits per heavy atom. The van der Waals surface area contributed by atoms with E-state index in [0.717, 1.165) is 25.7 Å². The molecule has 2 rings (SSSR count). The second-order valence-electron chi connectivity index (χ2n) is 5.14. The van der Waals surface area contributed by atoms with E-state index < -0.39 is 11.4 Å². The van der Waals surface area contributed by atoms with Crippen LogP contribution in [0.2, 0.25) is 5.02 Å². The van der Waals surface area contributed by atoms with Crippen LogP contribution >= 0.6 is 11.6 Å². The summed E-state index contributed by atoms with van der Waals surface area (Å²) in [4.78, 5) is 11.9. The highest BCUT2D eigenvalue weighted by atomic mass is 35.5. The fourth-order valence-electron chi connectivity index (χ4n) is 2.47. The van der Waals surface area contributed by atoms with Gasteiger partial charge < -0.3 is 10.4 Å². The van der Waals surface area contributed by atoms with Gasteiger partial charge in [0.05, 0.1) is 17.2 Å². The minimum atomic E-state index is -0.488. The van der Waals surface area contributed by atoms with Gasteiger partial charge in [0.2, 0.25) is 5.91 Å². The third kappa shape index (κ3) is 3.58. The van der Waals surface area contributed by atoms with Crippen LogP contribution in [0.5, 0.6) is 0 Å². The molecule has 0 bridgehead atoms. The van der Waals surface area contributed by atoms with Crippen molar-refractivity contribution in [3.63, 3.8) is 0 Å². The monoisotopic (exact) mass is 297 g/mol. The van der Waals surface area contributed by atoms with Crippen molar-refractivity contribution < 1.29 is 14.3 Å². The van der Waals surface area contributed by atoms with Crippen molar-refractivity contribution in [2.45, 2.75) is 31.2 Å². The van der Waals surface area contributed by atoms with Crippen LogP contribution in [0.3, 0.4) is 0 Å². The fraction of sp³-hybridized carbons (Fsp3) is 0.400. The quantitative estimate of drug-likeness (QED) is 0.840. The summed E-state index contributed by atoms with van der Waals surface area (Å²) in [6.07, 6.45) is 6.56. The summed E-state index contributed by atoms with van der Waals surface area (Å²) in [5.41, 5.74) is 0.165. The van der Waals surface area contributed by atoms with E-state index in [1.165, 1.54) is 18.2 Å². The Balaban J connectivity index is 2.00. The van der Waals surface area contributed by atoms with Crippen molar-refractivity contribution in [2.75, 3.05) is 6.61 Å². The summed E-state index contributed by atoms with van der Waals surface area (Å²) < 4.78 is 13.0. The number of nitrogens with one attached hydrogen (secondary N) is 1. The largest absolute Gasteiger partial charge is 0.394 e. The number of rotatable bonds is 4. The Morgan fingerprint density at radius 1 is 1.45 bits per heavy atom. The molecule has 0 aliphatic heterocycles. The lowest BCUT2D eigenvalue weighted by atomic mass is 9.99. The van der Waals surface area contributed by atoms with Crippen LogP contribution in [0.25, 0.3) is 6.08 Å². The van der Waals surface area contributed by atoms with E-state index in [-0.39, 0.29) is 17.5 Å². The highest BCUT2D eigenvalue weighted by molar-refractivity contribution is 6.30. The molecule has 1 aromatic rings. The van der Waals surface area contributed by atoms with Crippen molar-refractivity contribution in [1.82, 2.24) is 5.32 Å². The number of hydrogen-bond donors (Lipinski definition) is 2. The lowest BCUT2D eigenvalue weighted by Gasteiger charge is -2.27. The second-order valence-corrected chi connectivity index (χ2v) is 5.55. The molecule has 108 valence electrons. The van der Waals surface area contributed by atoms with Crippen LogP contribution in [0.1, 0.15) is 31.2 Å². The van der Waals surface area contributed by atoms with Gasteiger partial charge in [-0.1, -0.05) is 30.5 Å². The molecule has 1 aliphatic rings. The molecule has 3 nitrogen and oxygen atoms in total. The van der Waals surface area contributed by atoms with E-state index in [0.29, 0.717) is 5.56 Å². The van der Waals surface area contributed by atoms with Gasteiger partial charge in [-0.25, -0.2) is 4.39 Å². The molecule has 0 heterocycles. The first kappa shape index (κ1) is 15.0. The van der Waals surface area contributed by atoms with E-state index in [2.05, 4.69) is 5.32 Å². The van der Waals surface area contributed by atoms with Gasteiger partial charge in [-0.3, -0.25) is 4.79 Å². The molecule has 1 fully saturated rings. The molecule has 0 radical (unpaired) electrons. The van der Waals surface area contributed by atoms with E-state index in [1.807, 2.05) is 0 Å². The molecule has 1 aliphatic carbocycles. The summed E-state index contributed by atoms with van der Waals surface area (Å²) in [5, 5.41) is 12.3. The molecule has 0 spiro atoms. The van der Waals surface area contributed by atoms with Gasteiger partial charge in [0.1, 0.15) is 5.82 Å². The molecule has 5 heteroatoms. The van der Waals surface area contributed by atoms with Crippen LogP contribution in [-0.4, -0.2) is 23.2 Å². The average Bonchev–Trinajstić information content (AvgIpc) is 2.89. The number of hydrogen-bond acceptors (Lipinski definition) is 2. The van der Waals surface area contributed by atoms with Crippen LogP contribution in [0.15, 0.2) is 24.3 Å². The van der Waals surface area contributed by atoms with Crippen LogP contribution < -0.4 is 5.32 Å². The Labute approximate surface area is 122 Å². The lowest BCUT2D eigenvalue weighted by molar-refractivity contribution is -0.118. The second kappa shape index (κ2) is 6.37. The van der Waals surface area contributed by atoms with Gasteiger partial charge >= 0.3 is 0 Å². The van der Waals surface area contributed by atoms with E-state index in [4.69, 9.17) is 11.6 Å². The highest BCUT2D eigenvalue weighted by Crippen LogP contribution is 2.29. The zero-order valence-corrected chi connectivity index (χ0v) is 11.8. The average molecular weight is 298 g/mol. The highest BCUT2D eigenvalue weighted by Gasteiger charge is 2.33.